The zero-order valence-electron chi connectivity index (χ0n) is 26.3. The molecule has 0 aromatic rings. The number of nitrogens with one attached hydrogen (secondary N) is 3. The van der Waals surface area contributed by atoms with Crippen molar-refractivity contribution >= 4 is 17.8 Å². The highest BCUT2D eigenvalue weighted by molar-refractivity contribution is 5.87. The Morgan fingerprint density at radius 1 is 0.667 bits per heavy atom. The van der Waals surface area contributed by atoms with Gasteiger partial charge in [-0.1, -0.05) is 103 Å². The third-order valence-electron chi connectivity index (χ3n) is 6.88. The molecule has 230 valence electrons. The molecule has 0 aliphatic rings. The fourth-order valence-corrected chi connectivity index (χ4v) is 4.64. The minimum atomic E-state index is -0.412. The average molecular weight is 554 g/mol. The number of amides is 2. The standard InChI is InChI=1S/C32H63N3O4/c1-6-7-20-23-28(31(38)34-27-26-33-5)35-29(36)24-21-18-16-14-12-10-8-9-11-13-15-17-19-22-25-30(37)39-32(2,3)4/h28,33H,6-27H2,1-5H3,(H,34,38)(H,35,36)/t28-/m0/s1. The number of hydrogen-bond acceptors (Lipinski definition) is 5. The molecule has 0 aromatic carbocycles. The van der Waals surface area contributed by atoms with Crippen molar-refractivity contribution < 1.29 is 19.1 Å². The van der Waals surface area contributed by atoms with Crippen molar-refractivity contribution in [1.82, 2.24) is 16.0 Å². The van der Waals surface area contributed by atoms with Gasteiger partial charge >= 0.3 is 5.97 Å². The van der Waals surface area contributed by atoms with Crippen LogP contribution in [0.2, 0.25) is 0 Å². The highest BCUT2D eigenvalue weighted by Gasteiger charge is 2.19. The van der Waals surface area contributed by atoms with Crippen LogP contribution in [0.15, 0.2) is 0 Å². The monoisotopic (exact) mass is 553 g/mol. The summed E-state index contributed by atoms with van der Waals surface area (Å²) in [5, 5.41) is 8.91. The molecule has 0 aromatic heterocycles. The summed E-state index contributed by atoms with van der Waals surface area (Å²) in [7, 11) is 1.86. The van der Waals surface area contributed by atoms with E-state index in [1.807, 2.05) is 27.8 Å². The van der Waals surface area contributed by atoms with Gasteiger partial charge in [0.05, 0.1) is 0 Å². The van der Waals surface area contributed by atoms with Crippen LogP contribution < -0.4 is 16.0 Å². The van der Waals surface area contributed by atoms with Crippen LogP contribution in [-0.2, 0) is 19.1 Å². The third-order valence-corrected chi connectivity index (χ3v) is 6.88. The van der Waals surface area contributed by atoms with E-state index in [1.165, 1.54) is 64.2 Å². The zero-order chi connectivity index (χ0) is 29.2. The minimum Gasteiger partial charge on any atom is -0.460 e. The number of esters is 1. The fraction of sp³-hybridized carbons (Fsp3) is 0.906. The number of ether oxygens (including phenoxy) is 1. The van der Waals surface area contributed by atoms with E-state index < -0.39 is 6.04 Å². The molecule has 0 spiro atoms. The van der Waals surface area contributed by atoms with E-state index in [-0.39, 0.29) is 23.4 Å². The highest BCUT2D eigenvalue weighted by Crippen LogP contribution is 2.15. The highest BCUT2D eigenvalue weighted by atomic mass is 16.6. The van der Waals surface area contributed by atoms with Gasteiger partial charge in [0.15, 0.2) is 0 Å². The van der Waals surface area contributed by atoms with Gasteiger partial charge in [0, 0.05) is 25.9 Å². The molecular weight excluding hydrogens is 490 g/mol. The Morgan fingerprint density at radius 2 is 1.15 bits per heavy atom. The number of hydrogen-bond donors (Lipinski definition) is 3. The van der Waals surface area contributed by atoms with Crippen molar-refractivity contribution in [2.24, 2.45) is 0 Å². The number of likely N-dealkylation sites (N-methyl/N-ethyl adjacent to an activating group) is 1. The van der Waals surface area contributed by atoms with Crippen LogP contribution in [-0.4, -0.2) is 49.6 Å². The first-order valence-corrected chi connectivity index (χ1v) is 16.1. The molecule has 0 rings (SSSR count). The van der Waals surface area contributed by atoms with Gasteiger partial charge in [-0.05, 0) is 47.1 Å². The van der Waals surface area contributed by atoms with E-state index in [9.17, 15) is 14.4 Å². The lowest BCUT2D eigenvalue weighted by Gasteiger charge is -2.19. The second kappa shape index (κ2) is 25.3. The lowest BCUT2D eigenvalue weighted by molar-refractivity contribution is -0.155. The molecule has 0 fully saturated rings. The molecule has 1 atom stereocenters. The lowest BCUT2D eigenvalue weighted by Crippen LogP contribution is -2.47. The Labute approximate surface area is 240 Å². The summed E-state index contributed by atoms with van der Waals surface area (Å²) in [4.78, 5) is 36.5. The predicted molar refractivity (Wildman–Crippen MR) is 163 cm³/mol. The molecule has 0 saturated heterocycles. The predicted octanol–water partition coefficient (Wildman–Crippen LogP) is 6.97. The summed E-state index contributed by atoms with van der Waals surface area (Å²) < 4.78 is 5.34. The molecule has 0 radical (unpaired) electrons. The van der Waals surface area contributed by atoms with E-state index in [0.717, 1.165) is 51.5 Å². The van der Waals surface area contributed by atoms with Gasteiger partial charge in [-0.2, -0.15) is 0 Å². The molecule has 7 nitrogen and oxygen atoms in total. The van der Waals surface area contributed by atoms with Gasteiger partial charge in [0.1, 0.15) is 11.6 Å². The Hall–Kier alpha value is -1.63. The maximum absolute atomic E-state index is 12.4. The Bertz CT molecular complexity index is 619. The van der Waals surface area contributed by atoms with Crippen molar-refractivity contribution in [3.8, 4) is 0 Å². The average Bonchev–Trinajstić information content (AvgIpc) is 2.87. The van der Waals surface area contributed by atoms with Gasteiger partial charge in [0.2, 0.25) is 11.8 Å². The summed E-state index contributed by atoms with van der Waals surface area (Å²) in [6.07, 6.45) is 21.7. The molecule has 3 N–H and O–H groups in total. The molecule has 39 heavy (non-hydrogen) atoms. The molecule has 0 unspecified atom stereocenters. The second-order valence-corrected chi connectivity index (χ2v) is 12.0. The van der Waals surface area contributed by atoms with E-state index in [1.54, 1.807) is 0 Å². The Balaban J connectivity index is 3.64. The first-order chi connectivity index (χ1) is 18.7. The van der Waals surface area contributed by atoms with Crippen molar-refractivity contribution in [2.75, 3.05) is 20.1 Å². The third kappa shape index (κ3) is 26.4. The van der Waals surface area contributed by atoms with Crippen molar-refractivity contribution in [2.45, 2.75) is 168 Å². The summed E-state index contributed by atoms with van der Waals surface area (Å²) >= 11 is 0. The van der Waals surface area contributed by atoms with Crippen LogP contribution in [0, 0.1) is 0 Å². The Kier molecular flexibility index (Phi) is 24.3. The molecule has 7 heteroatoms. The summed E-state index contributed by atoms with van der Waals surface area (Å²) in [6.45, 7) is 9.19. The normalized spacial score (nSPS) is 12.2. The van der Waals surface area contributed by atoms with E-state index >= 15 is 0 Å². The first kappa shape index (κ1) is 37.4. The molecule has 0 bridgehead atoms. The van der Waals surface area contributed by atoms with E-state index in [0.29, 0.717) is 25.8 Å². The molecule has 2 amide bonds. The van der Waals surface area contributed by atoms with Crippen LogP contribution in [0.1, 0.15) is 156 Å². The smallest absolute Gasteiger partial charge is 0.306 e. The van der Waals surface area contributed by atoms with Crippen LogP contribution in [0.4, 0.5) is 0 Å². The maximum atomic E-state index is 12.4. The van der Waals surface area contributed by atoms with Crippen LogP contribution >= 0.6 is 0 Å². The SMILES string of the molecule is CCCCC[C@H](NC(=O)CCCCCCCCCCCCCCCCC(=O)OC(C)(C)C)C(=O)NCCNC. The number of rotatable bonds is 26. The largest absolute Gasteiger partial charge is 0.460 e. The van der Waals surface area contributed by atoms with Crippen molar-refractivity contribution in [3.63, 3.8) is 0 Å². The first-order valence-electron chi connectivity index (χ1n) is 16.1. The number of carbonyl (C=O) groups excluding carboxylic acids is 3. The van der Waals surface area contributed by atoms with Gasteiger partial charge in [-0.3, -0.25) is 14.4 Å². The number of carbonyl (C=O) groups is 3. The fourth-order valence-electron chi connectivity index (χ4n) is 4.64. The van der Waals surface area contributed by atoms with Gasteiger partial charge in [0.25, 0.3) is 0 Å². The van der Waals surface area contributed by atoms with E-state index in [4.69, 9.17) is 4.74 Å². The zero-order valence-corrected chi connectivity index (χ0v) is 26.3. The van der Waals surface area contributed by atoms with Crippen molar-refractivity contribution in [1.29, 1.82) is 0 Å². The van der Waals surface area contributed by atoms with Crippen LogP contribution in [0.5, 0.6) is 0 Å². The Morgan fingerprint density at radius 3 is 1.62 bits per heavy atom. The lowest BCUT2D eigenvalue weighted by atomic mass is 10.0. The number of unbranched alkanes of at least 4 members (excludes halogenated alkanes) is 15. The van der Waals surface area contributed by atoms with Gasteiger partial charge in [-0.25, -0.2) is 0 Å². The van der Waals surface area contributed by atoms with Crippen LogP contribution in [0.3, 0.4) is 0 Å². The van der Waals surface area contributed by atoms with Crippen LogP contribution in [0.25, 0.3) is 0 Å². The molecule has 0 heterocycles. The maximum Gasteiger partial charge on any atom is 0.306 e. The quantitative estimate of drug-likeness (QED) is 0.0794. The summed E-state index contributed by atoms with van der Waals surface area (Å²) in [6, 6.07) is -0.412. The molecule has 0 aliphatic heterocycles. The van der Waals surface area contributed by atoms with Gasteiger partial charge < -0.3 is 20.7 Å². The van der Waals surface area contributed by atoms with E-state index in [2.05, 4.69) is 22.9 Å². The molecule has 0 saturated carbocycles. The summed E-state index contributed by atoms with van der Waals surface area (Å²) in [5.41, 5.74) is -0.375. The minimum absolute atomic E-state index is 0.00306. The van der Waals surface area contributed by atoms with Crippen molar-refractivity contribution in [3.05, 3.63) is 0 Å². The molecular formula is C32H63N3O4. The van der Waals surface area contributed by atoms with Gasteiger partial charge in [-0.15, -0.1) is 0 Å². The second-order valence-electron chi connectivity index (χ2n) is 12.0. The summed E-state index contributed by atoms with van der Waals surface area (Å²) in [5.74, 6) is -0.134. The molecule has 0 aliphatic carbocycles. The topological polar surface area (TPSA) is 96.5 Å².